The number of hydrogen-bond acceptors (Lipinski definition) is 4. The molecule has 21 heavy (non-hydrogen) atoms. The summed E-state index contributed by atoms with van der Waals surface area (Å²) in [4.78, 5) is 4.21. The van der Waals surface area contributed by atoms with E-state index >= 15 is 0 Å². The zero-order valence-electron chi connectivity index (χ0n) is 10.5. The molecule has 0 unspecified atom stereocenters. The van der Waals surface area contributed by atoms with Crippen molar-refractivity contribution in [2.75, 3.05) is 5.73 Å². The third kappa shape index (κ3) is 2.70. The van der Waals surface area contributed by atoms with Crippen LogP contribution in [0, 0.1) is 5.82 Å². The topological polar surface area (TPSA) is 64.9 Å². The van der Waals surface area contributed by atoms with Gasteiger partial charge < -0.3 is 10.3 Å². The van der Waals surface area contributed by atoms with Crippen molar-refractivity contribution in [3.05, 3.63) is 52.3 Å². The van der Waals surface area contributed by atoms with E-state index < -0.39 is 5.82 Å². The Bertz CT molecular complexity index is 754. The largest absolute Gasteiger partial charge is 0.396 e. The van der Waals surface area contributed by atoms with Gasteiger partial charge in [-0.1, -0.05) is 28.4 Å². The zero-order valence-corrected chi connectivity index (χ0v) is 12.0. The van der Waals surface area contributed by atoms with Gasteiger partial charge in [-0.3, -0.25) is 0 Å². The highest BCUT2D eigenvalue weighted by Crippen LogP contribution is 2.29. The lowest BCUT2D eigenvalue weighted by molar-refractivity contribution is 0.432. The average Bonchev–Trinajstić information content (AvgIpc) is 2.94. The summed E-state index contributed by atoms with van der Waals surface area (Å²) in [6.45, 7) is 0. The molecule has 0 aliphatic rings. The molecular weight excluding hydrogens is 316 g/mol. The highest BCUT2D eigenvalue weighted by molar-refractivity contribution is 6.42. The van der Waals surface area contributed by atoms with Gasteiger partial charge in [-0.2, -0.15) is 4.98 Å². The molecule has 7 heteroatoms. The van der Waals surface area contributed by atoms with Gasteiger partial charge in [0.15, 0.2) is 0 Å². The van der Waals surface area contributed by atoms with Crippen LogP contribution in [0.3, 0.4) is 0 Å². The van der Waals surface area contributed by atoms with Crippen LogP contribution in [0.5, 0.6) is 0 Å². The van der Waals surface area contributed by atoms with Gasteiger partial charge >= 0.3 is 0 Å². The van der Waals surface area contributed by atoms with E-state index in [0.717, 1.165) is 0 Å². The van der Waals surface area contributed by atoms with Gasteiger partial charge in [0.2, 0.25) is 5.82 Å². The van der Waals surface area contributed by atoms with Crippen molar-refractivity contribution in [2.24, 2.45) is 0 Å². The van der Waals surface area contributed by atoms with E-state index in [0.29, 0.717) is 27.0 Å². The first-order chi connectivity index (χ1) is 10.0. The van der Waals surface area contributed by atoms with E-state index in [1.165, 1.54) is 12.1 Å². The molecule has 0 saturated carbocycles. The standard InChI is InChI=1S/C14H8Cl2FN3O/c15-9-3-1-7(5-10(9)16)13-19-14(21-20-13)8-2-4-12(18)11(17)6-8/h1-6H,18H2. The zero-order chi connectivity index (χ0) is 15.0. The summed E-state index contributed by atoms with van der Waals surface area (Å²) in [5.74, 6) is -0.0161. The molecule has 1 aromatic heterocycles. The number of rotatable bonds is 2. The van der Waals surface area contributed by atoms with Gasteiger partial charge in [0, 0.05) is 11.1 Å². The maximum Gasteiger partial charge on any atom is 0.258 e. The molecule has 2 N–H and O–H groups in total. The Morgan fingerprint density at radius 3 is 2.48 bits per heavy atom. The van der Waals surface area contributed by atoms with Crippen LogP contribution in [0.2, 0.25) is 10.0 Å². The number of nitrogens with zero attached hydrogens (tertiary/aromatic N) is 2. The number of anilines is 1. The number of benzene rings is 2. The first-order valence-electron chi connectivity index (χ1n) is 5.89. The van der Waals surface area contributed by atoms with Crippen molar-refractivity contribution in [2.45, 2.75) is 0 Å². The van der Waals surface area contributed by atoms with Crippen LogP contribution >= 0.6 is 23.2 Å². The third-order valence-corrected chi connectivity index (χ3v) is 3.59. The molecule has 3 rings (SSSR count). The number of nitrogens with two attached hydrogens (primary N) is 1. The summed E-state index contributed by atoms with van der Waals surface area (Å²) in [5, 5.41) is 4.67. The SMILES string of the molecule is Nc1ccc(-c2nc(-c3ccc(Cl)c(Cl)c3)no2)cc1F. The Morgan fingerprint density at radius 1 is 1.00 bits per heavy atom. The number of nitrogen functional groups attached to an aromatic ring is 1. The fraction of sp³-hybridized carbons (Fsp3) is 0. The Morgan fingerprint density at radius 2 is 1.76 bits per heavy atom. The molecule has 0 aliphatic carbocycles. The number of aromatic nitrogens is 2. The number of hydrogen-bond donors (Lipinski definition) is 1. The quantitative estimate of drug-likeness (QED) is 0.708. The molecule has 0 saturated heterocycles. The molecule has 3 aromatic rings. The fourth-order valence-corrected chi connectivity index (χ4v) is 2.05. The summed E-state index contributed by atoms with van der Waals surface area (Å²) >= 11 is 11.8. The second kappa shape index (κ2) is 5.35. The molecule has 106 valence electrons. The molecule has 0 amide bonds. The van der Waals surface area contributed by atoms with Crippen LogP contribution in [0.15, 0.2) is 40.9 Å². The van der Waals surface area contributed by atoms with Crippen molar-refractivity contribution >= 4 is 28.9 Å². The summed E-state index contributed by atoms with van der Waals surface area (Å²) in [5.41, 5.74) is 6.58. The highest BCUT2D eigenvalue weighted by atomic mass is 35.5. The van der Waals surface area contributed by atoms with Gasteiger partial charge in [0.1, 0.15) is 5.82 Å². The molecule has 0 bridgehead atoms. The second-order valence-corrected chi connectivity index (χ2v) is 5.10. The molecule has 0 fully saturated rings. The van der Waals surface area contributed by atoms with Crippen LogP contribution in [0.1, 0.15) is 0 Å². The van der Waals surface area contributed by atoms with Crippen molar-refractivity contribution in [1.82, 2.24) is 10.1 Å². The third-order valence-electron chi connectivity index (χ3n) is 2.85. The molecule has 0 spiro atoms. The van der Waals surface area contributed by atoms with Crippen molar-refractivity contribution < 1.29 is 8.91 Å². The van der Waals surface area contributed by atoms with E-state index in [9.17, 15) is 4.39 Å². The molecule has 1 heterocycles. The van der Waals surface area contributed by atoms with Crippen LogP contribution in [-0.4, -0.2) is 10.1 Å². The Kier molecular flexibility index (Phi) is 3.53. The maximum absolute atomic E-state index is 13.4. The van der Waals surface area contributed by atoms with E-state index in [1.54, 1.807) is 24.3 Å². The minimum absolute atomic E-state index is 0.0583. The molecule has 0 aliphatic heterocycles. The van der Waals surface area contributed by atoms with E-state index in [1.807, 2.05) is 0 Å². The summed E-state index contributed by atoms with van der Waals surface area (Å²) in [7, 11) is 0. The average molecular weight is 324 g/mol. The summed E-state index contributed by atoms with van der Waals surface area (Å²) < 4.78 is 18.6. The lowest BCUT2D eigenvalue weighted by Crippen LogP contribution is -1.90. The summed E-state index contributed by atoms with van der Waals surface area (Å²) in [6.07, 6.45) is 0. The molecule has 4 nitrogen and oxygen atoms in total. The predicted molar refractivity (Wildman–Crippen MR) is 79.6 cm³/mol. The van der Waals surface area contributed by atoms with Crippen LogP contribution in [-0.2, 0) is 0 Å². The van der Waals surface area contributed by atoms with Gasteiger partial charge in [0.25, 0.3) is 5.89 Å². The monoisotopic (exact) mass is 323 g/mol. The van der Waals surface area contributed by atoms with Gasteiger partial charge in [0.05, 0.1) is 15.7 Å². The smallest absolute Gasteiger partial charge is 0.258 e. The molecule has 0 atom stereocenters. The lowest BCUT2D eigenvalue weighted by atomic mass is 10.2. The van der Waals surface area contributed by atoms with Crippen LogP contribution in [0.4, 0.5) is 10.1 Å². The van der Waals surface area contributed by atoms with Crippen molar-refractivity contribution in [1.29, 1.82) is 0 Å². The summed E-state index contributed by atoms with van der Waals surface area (Å²) in [6, 6.07) is 9.26. The highest BCUT2D eigenvalue weighted by Gasteiger charge is 2.13. The Hall–Kier alpha value is -2.11. The predicted octanol–water partition coefficient (Wildman–Crippen LogP) is 4.43. The number of halogens is 3. The first kappa shape index (κ1) is 13.9. The van der Waals surface area contributed by atoms with Gasteiger partial charge in [-0.25, -0.2) is 4.39 Å². The van der Waals surface area contributed by atoms with Crippen molar-refractivity contribution in [3.8, 4) is 22.8 Å². The minimum Gasteiger partial charge on any atom is -0.396 e. The van der Waals surface area contributed by atoms with E-state index in [-0.39, 0.29) is 11.6 Å². The minimum atomic E-state index is -0.540. The Labute approximate surface area is 129 Å². The van der Waals surface area contributed by atoms with Gasteiger partial charge in [-0.05, 0) is 36.4 Å². The van der Waals surface area contributed by atoms with Gasteiger partial charge in [-0.15, -0.1) is 0 Å². The first-order valence-corrected chi connectivity index (χ1v) is 6.65. The lowest BCUT2D eigenvalue weighted by Gasteiger charge is -1.98. The normalized spacial score (nSPS) is 10.8. The second-order valence-electron chi connectivity index (χ2n) is 4.29. The van der Waals surface area contributed by atoms with Crippen molar-refractivity contribution in [3.63, 3.8) is 0 Å². The van der Waals surface area contributed by atoms with E-state index in [2.05, 4.69) is 10.1 Å². The molecular formula is C14H8Cl2FN3O. The fourth-order valence-electron chi connectivity index (χ4n) is 1.75. The van der Waals surface area contributed by atoms with Crippen LogP contribution in [0.25, 0.3) is 22.8 Å². The van der Waals surface area contributed by atoms with E-state index in [4.69, 9.17) is 33.5 Å². The Balaban J connectivity index is 1.99. The molecule has 0 radical (unpaired) electrons. The molecule has 2 aromatic carbocycles. The maximum atomic E-state index is 13.4. The van der Waals surface area contributed by atoms with Crippen LogP contribution < -0.4 is 5.73 Å².